The van der Waals surface area contributed by atoms with Gasteiger partial charge in [0.2, 0.25) is 0 Å². The highest BCUT2D eigenvalue weighted by Crippen LogP contribution is 2.18. The van der Waals surface area contributed by atoms with Crippen molar-refractivity contribution in [1.29, 1.82) is 0 Å². The van der Waals surface area contributed by atoms with Gasteiger partial charge in [-0.3, -0.25) is 0 Å². The molecule has 21 heavy (non-hydrogen) atoms. The fourth-order valence-electron chi connectivity index (χ4n) is 2.82. The van der Waals surface area contributed by atoms with Gasteiger partial charge < -0.3 is 15.4 Å². The predicted molar refractivity (Wildman–Crippen MR) is 87.6 cm³/mol. The summed E-state index contributed by atoms with van der Waals surface area (Å²) in [5.41, 5.74) is -0.431. The van der Waals surface area contributed by atoms with Crippen LogP contribution in [-0.2, 0) is 4.74 Å². The molecule has 0 radical (unpaired) electrons. The van der Waals surface area contributed by atoms with Crippen molar-refractivity contribution < 1.29 is 9.53 Å². The summed E-state index contributed by atoms with van der Waals surface area (Å²) in [5.74, 6) is 0. The zero-order valence-corrected chi connectivity index (χ0v) is 14.3. The molecule has 0 aromatic heterocycles. The maximum absolute atomic E-state index is 11.8. The molecule has 0 bridgehead atoms. The van der Waals surface area contributed by atoms with Crippen molar-refractivity contribution in [2.24, 2.45) is 0 Å². The molecular weight excluding hydrogens is 264 g/mol. The number of ether oxygens (including phenoxy) is 1. The van der Waals surface area contributed by atoms with Crippen molar-refractivity contribution in [2.75, 3.05) is 6.54 Å². The molecule has 0 saturated heterocycles. The first-order chi connectivity index (χ1) is 9.90. The van der Waals surface area contributed by atoms with Gasteiger partial charge in [-0.1, -0.05) is 39.0 Å². The second-order valence-electron chi connectivity index (χ2n) is 7.22. The number of alkyl carbamates (subject to hydrolysis) is 1. The van der Waals surface area contributed by atoms with Gasteiger partial charge in [0.1, 0.15) is 5.60 Å². The zero-order valence-electron chi connectivity index (χ0n) is 14.3. The van der Waals surface area contributed by atoms with Crippen LogP contribution in [0.5, 0.6) is 0 Å². The molecule has 0 aromatic carbocycles. The van der Waals surface area contributed by atoms with Crippen LogP contribution in [0.3, 0.4) is 0 Å². The minimum absolute atomic E-state index is 0.311. The fraction of sp³-hybridized carbons (Fsp3) is 0.941. The molecular formula is C17H34N2O2. The normalized spacial score (nSPS) is 18.3. The molecule has 1 aliphatic rings. The molecule has 4 nitrogen and oxygen atoms in total. The van der Waals surface area contributed by atoms with E-state index in [-0.39, 0.29) is 6.09 Å². The van der Waals surface area contributed by atoms with E-state index >= 15 is 0 Å². The van der Waals surface area contributed by atoms with Crippen LogP contribution in [0.15, 0.2) is 0 Å². The van der Waals surface area contributed by atoms with Crippen molar-refractivity contribution in [3.05, 3.63) is 0 Å². The van der Waals surface area contributed by atoms with Gasteiger partial charge in [0, 0.05) is 18.6 Å². The zero-order chi connectivity index (χ0) is 15.7. The quantitative estimate of drug-likeness (QED) is 0.747. The molecule has 1 aliphatic carbocycles. The third-order valence-electron chi connectivity index (χ3n) is 3.87. The standard InChI is InChI=1S/C17H34N2O2/c1-5-6-10-15(19-14-11-8-7-9-12-14)13-18-16(20)21-17(2,3)4/h14-15,19H,5-13H2,1-4H3,(H,18,20). The van der Waals surface area contributed by atoms with Crippen molar-refractivity contribution in [3.63, 3.8) is 0 Å². The predicted octanol–water partition coefficient (Wildman–Crippen LogP) is 3.99. The average molecular weight is 298 g/mol. The van der Waals surface area contributed by atoms with Gasteiger partial charge in [-0.15, -0.1) is 0 Å². The second-order valence-corrected chi connectivity index (χ2v) is 7.22. The SMILES string of the molecule is CCCCC(CNC(=O)OC(C)(C)C)NC1CCCCC1. The van der Waals surface area contributed by atoms with E-state index in [4.69, 9.17) is 4.74 Å². The van der Waals surface area contributed by atoms with Crippen LogP contribution in [-0.4, -0.2) is 30.3 Å². The van der Waals surface area contributed by atoms with Gasteiger partial charge in [-0.2, -0.15) is 0 Å². The molecule has 1 unspecified atom stereocenters. The van der Waals surface area contributed by atoms with Crippen molar-refractivity contribution in [2.45, 2.75) is 96.7 Å². The molecule has 0 heterocycles. The topological polar surface area (TPSA) is 50.4 Å². The maximum Gasteiger partial charge on any atom is 0.407 e. The van der Waals surface area contributed by atoms with Gasteiger partial charge in [-0.25, -0.2) is 4.79 Å². The number of nitrogens with one attached hydrogen (secondary N) is 2. The molecule has 0 aliphatic heterocycles. The molecule has 0 aromatic rings. The second kappa shape index (κ2) is 9.29. The van der Waals surface area contributed by atoms with Gasteiger partial charge in [0.25, 0.3) is 0 Å². The molecule has 1 amide bonds. The lowest BCUT2D eigenvalue weighted by Gasteiger charge is -2.29. The Morgan fingerprint density at radius 3 is 2.48 bits per heavy atom. The Hall–Kier alpha value is -0.770. The largest absolute Gasteiger partial charge is 0.444 e. The van der Waals surface area contributed by atoms with Crippen LogP contribution < -0.4 is 10.6 Å². The molecule has 1 saturated carbocycles. The van der Waals surface area contributed by atoms with Gasteiger partial charge in [-0.05, 0) is 40.0 Å². The van der Waals surface area contributed by atoms with E-state index in [1.807, 2.05) is 20.8 Å². The minimum Gasteiger partial charge on any atom is -0.444 e. The molecule has 2 N–H and O–H groups in total. The van der Waals surface area contributed by atoms with E-state index in [0.29, 0.717) is 18.6 Å². The highest BCUT2D eigenvalue weighted by Gasteiger charge is 2.20. The van der Waals surface area contributed by atoms with Crippen LogP contribution in [0.4, 0.5) is 4.79 Å². The van der Waals surface area contributed by atoms with Crippen LogP contribution in [0.25, 0.3) is 0 Å². The van der Waals surface area contributed by atoms with Crippen molar-refractivity contribution >= 4 is 6.09 Å². The molecule has 1 fully saturated rings. The van der Waals surface area contributed by atoms with E-state index in [0.717, 1.165) is 6.42 Å². The average Bonchev–Trinajstić information content (AvgIpc) is 2.41. The summed E-state index contributed by atoms with van der Waals surface area (Å²) in [6, 6.07) is 0.988. The molecule has 0 spiro atoms. The number of amides is 1. The van der Waals surface area contributed by atoms with E-state index in [2.05, 4.69) is 17.6 Å². The summed E-state index contributed by atoms with van der Waals surface area (Å²) in [4.78, 5) is 11.8. The molecule has 124 valence electrons. The number of rotatable bonds is 7. The smallest absolute Gasteiger partial charge is 0.407 e. The lowest BCUT2D eigenvalue weighted by molar-refractivity contribution is 0.0520. The van der Waals surface area contributed by atoms with Crippen molar-refractivity contribution in [1.82, 2.24) is 10.6 Å². The Balaban J connectivity index is 2.36. The van der Waals surface area contributed by atoms with Crippen LogP contribution in [0.2, 0.25) is 0 Å². The van der Waals surface area contributed by atoms with Crippen LogP contribution in [0, 0.1) is 0 Å². The lowest BCUT2D eigenvalue weighted by atomic mass is 9.94. The molecule has 1 rings (SSSR count). The maximum atomic E-state index is 11.8. The number of carbonyl (C=O) groups is 1. The van der Waals surface area contributed by atoms with E-state index in [9.17, 15) is 4.79 Å². The Kier molecular flexibility index (Phi) is 8.09. The van der Waals surface area contributed by atoms with Crippen LogP contribution >= 0.6 is 0 Å². The summed E-state index contributed by atoms with van der Waals surface area (Å²) >= 11 is 0. The summed E-state index contributed by atoms with van der Waals surface area (Å²) in [6.45, 7) is 8.54. The summed E-state index contributed by atoms with van der Waals surface area (Å²) in [7, 11) is 0. The Bertz CT molecular complexity index is 294. The van der Waals surface area contributed by atoms with E-state index in [1.165, 1.54) is 44.9 Å². The monoisotopic (exact) mass is 298 g/mol. The third kappa shape index (κ3) is 8.97. The molecule has 4 heteroatoms. The van der Waals surface area contributed by atoms with Crippen LogP contribution in [0.1, 0.15) is 79.1 Å². The summed E-state index contributed by atoms with van der Waals surface area (Å²) < 4.78 is 5.30. The Labute approximate surface area is 130 Å². The number of unbranched alkanes of at least 4 members (excludes halogenated alkanes) is 1. The minimum atomic E-state index is -0.431. The number of carbonyl (C=O) groups excluding carboxylic acids is 1. The van der Waals surface area contributed by atoms with Gasteiger partial charge in [0.05, 0.1) is 0 Å². The summed E-state index contributed by atoms with van der Waals surface area (Å²) in [5, 5.41) is 6.65. The molecule has 1 atom stereocenters. The van der Waals surface area contributed by atoms with Gasteiger partial charge >= 0.3 is 6.09 Å². The highest BCUT2D eigenvalue weighted by molar-refractivity contribution is 5.67. The Morgan fingerprint density at radius 1 is 1.24 bits per heavy atom. The number of hydrogen-bond acceptors (Lipinski definition) is 3. The highest BCUT2D eigenvalue weighted by atomic mass is 16.6. The fourth-order valence-corrected chi connectivity index (χ4v) is 2.82. The third-order valence-corrected chi connectivity index (χ3v) is 3.87. The lowest BCUT2D eigenvalue weighted by Crippen LogP contribution is -2.47. The van der Waals surface area contributed by atoms with E-state index in [1.54, 1.807) is 0 Å². The summed E-state index contributed by atoms with van der Waals surface area (Å²) in [6.07, 6.45) is 9.76. The van der Waals surface area contributed by atoms with E-state index < -0.39 is 5.60 Å². The van der Waals surface area contributed by atoms with Crippen molar-refractivity contribution in [3.8, 4) is 0 Å². The Morgan fingerprint density at radius 2 is 1.90 bits per heavy atom. The first-order valence-electron chi connectivity index (χ1n) is 8.63. The first kappa shape index (κ1) is 18.3. The number of hydrogen-bond donors (Lipinski definition) is 2. The first-order valence-corrected chi connectivity index (χ1v) is 8.63. The van der Waals surface area contributed by atoms with Gasteiger partial charge in [0.15, 0.2) is 0 Å².